The maximum atomic E-state index is 11.2. The van der Waals surface area contributed by atoms with E-state index in [0.29, 0.717) is 0 Å². The maximum Gasteiger partial charge on any atom is 0.343 e. The van der Waals surface area contributed by atoms with Crippen LogP contribution in [0.3, 0.4) is 0 Å². The van der Waals surface area contributed by atoms with Gasteiger partial charge >= 0.3 is 6.03 Å². The molecule has 1 aliphatic carbocycles. The highest BCUT2D eigenvalue weighted by Crippen LogP contribution is 2.28. The lowest BCUT2D eigenvalue weighted by Gasteiger charge is -2.13. The Morgan fingerprint density at radius 1 is 1.46 bits per heavy atom. The van der Waals surface area contributed by atoms with Gasteiger partial charge in [0.1, 0.15) is 6.54 Å². The molecule has 13 heavy (non-hydrogen) atoms. The van der Waals surface area contributed by atoms with Crippen LogP contribution >= 0.6 is 0 Å². The number of rotatable bonds is 2. The van der Waals surface area contributed by atoms with Crippen molar-refractivity contribution in [1.29, 1.82) is 0 Å². The van der Waals surface area contributed by atoms with Gasteiger partial charge in [-0.1, -0.05) is 0 Å². The van der Waals surface area contributed by atoms with Gasteiger partial charge in [0, 0.05) is 5.92 Å². The second kappa shape index (κ2) is 2.72. The van der Waals surface area contributed by atoms with Gasteiger partial charge in [0.25, 0.3) is 0 Å². The molecule has 0 radical (unpaired) electrons. The number of urea groups is 1. The molecule has 2 fully saturated rings. The fraction of sp³-hybridized carbons (Fsp3) is 0.571. The number of hydrogen-bond acceptors (Lipinski definition) is 3. The molecule has 4 amide bonds. The molecule has 1 heterocycles. The van der Waals surface area contributed by atoms with Gasteiger partial charge in [0.05, 0.1) is 0 Å². The molecular formula is C7H9N3O3. The first-order valence-corrected chi connectivity index (χ1v) is 4.08. The molecule has 0 unspecified atom stereocenters. The predicted octanol–water partition coefficient (Wildman–Crippen LogP) is -1.02. The molecule has 70 valence electrons. The quantitative estimate of drug-likeness (QED) is 0.538. The molecule has 0 aromatic rings. The van der Waals surface area contributed by atoms with Crippen LogP contribution in [0, 0.1) is 5.92 Å². The third kappa shape index (κ3) is 1.61. The molecule has 1 saturated carbocycles. The van der Waals surface area contributed by atoms with Crippen LogP contribution in [0.5, 0.6) is 0 Å². The first-order chi connectivity index (χ1) is 6.16. The number of nitrogens with one attached hydrogen (secondary N) is 2. The molecule has 0 aromatic carbocycles. The number of carbonyl (C=O) groups excluding carboxylic acids is 3. The summed E-state index contributed by atoms with van der Waals surface area (Å²) in [6, 6.07) is -0.556. The summed E-state index contributed by atoms with van der Waals surface area (Å²) in [6.07, 6.45) is 1.74. The molecule has 0 aromatic heterocycles. The minimum atomic E-state index is -0.556. The standard InChI is InChI=1S/C7H9N3O3/c11-5-3-10(7(13)8-5)9-6(12)4-1-2-4/h4H,1-3H2,(H,9,12)(H,8,11,13). The Bertz CT molecular complexity index is 285. The molecular weight excluding hydrogens is 174 g/mol. The van der Waals surface area contributed by atoms with E-state index in [1.165, 1.54) is 0 Å². The van der Waals surface area contributed by atoms with Crippen molar-refractivity contribution >= 4 is 17.8 Å². The summed E-state index contributed by atoms with van der Waals surface area (Å²) in [6.45, 7) is -0.0860. The van der Waals surface area contributed by atoms with Crippen LogP contribution < -0.4 is 10.7 Å². The number of carbonyl (C=O) groups is 3. The van der Waals surface area contributed by atoms with Crippen LogP contribution in [-0.2, 0) is 9.59 Å². The van der Waals surface area contributed by atoms with Gasteiger partial charge < -0.3 is 0 Å². The van der Waals surface area contributed by atoms with Crippen LogP contribution in [0.2, 0.25) is 0 Å². The number of amides is 4. The SMILES string of the molecule is O=C1CN(NC(=O)C2CC2)C(=O)N1. The van der Waals surface area contributed by atoms with E-state index in [0.717, 1.165) is 17.9 Å². The Morgan fingerprint density at radius 3 is 2.62 bits per heavy atom. The number of hydrazine groups is 1. The summed E-state index contributed by atoms with van der Waals surface area (Å²) in [7, 11) is 0. The Kier molecular flexibility index (Phi) is 1.68. The molecule has 6 nitrogen and oxygen atoms in total. The average molecular weight is 183 g/mol. The minimum Gasteiger partial charge on any atom is -0.275 e. The predicted molar refractivity (Wildman–Crippen MR) is 41.1 cm³/mol. The Labute approximate surface area is 74.2 Å². The van der Waals surface area contributed by atoms with E-state index in [1.54, 1.807) is 0 Å². The lowest BCUT2D eigenvalue weighted by atomic mass is 10.4. The van der Waals surface area contributed by atoms with Crippen molar-refractivity contribution in [1.82, 2.24) is 15.8 Å². The fourth-order valence-electron chi connectivity index (χ4n) is 1.10. The van der Waals surface area contributed by atoms with Crippen molar-refractivity contribution in [3.63, 3.8) is 0 Å². The third-order valence-corrected chi connectivity index (χ3v) is 1.99. The maximum absolute atomic E-state index is 11.2. The second-order valence-corrected chi connectivity index (χ2v) is 3.19. The summed E-state index contributed by atoms with van der Waals surface area (Å²) < 4.78 is 0. The molecule has 2 aliphatic rings. The molecule has 0 atom stereocenters. The molecule has 6 heteroatoms. The first-order valence-electron chi connectivity index (χ1n) is 4.08. The minimum absolute atomic E-state index is 0.0310. The third-order valence-electron chi connectivity index (χ3n) is 1.99. The van der Waals surface area contributed by atoms with Gasteiger partial charge in [-0.2, -0.15) is 0 Å². The van der Waals surface area contributed by atoms with E-state index in [-0.39, 0.29) is 24.3 Å². The summed E-state index contributed by atoms with van der Waals surface area (Å²) in [5, 5.41) is 3.07. The van der Waals surface area contributed by atoms with Crippen molar-refractivity contribution in [2.75, 3.05) is 6.54 Å². The summed E-state index contributed by atoms with van der Waals surface area (Å²) in [5.41, 5.74) is 2.38. The Morgan fingerprint density at radius 2 is 2.15 bits per heavy atom. The molecule has 2 rings (SSSR count). The molecule has 1 aliphatic heterocycles. The monoisotopic (exact) mass is 183 g/mol. The van der Waals surface area contributed by atoms with Crippen LogP contribution in [0.25, 0.3) is 0 Å². The highest BCUT2D eigenvalue weighted by Gasteiger charge is 2.34. The molecule has 1 saturated heterocycles. The summed E-state index contributed by atoms with van der Waals surface area (Å²) in [4.78, 5) is 32.8. The summed E-state index contributed by atoms with van der Waals surface area (Å²) in [5.74, 6) is -0.533. The van der Waals surface area contributed by atoms with Gasteiger partial charge in [-0.05, 0) is 12.8 Å². The zero-order valence-corrected chi connectivity index (χ0v) is 6.87. The van der Waals surface area contributed by atoms with Gasteiger partial charge in [-0.3, -0.25) is 20.3 Å². The van der Waals surface area contributed by atoms with E-state index in [4.69, 9.17) is 0 Å². The number of hydrogen-bond donors (Lipinski definition) is 2. The highest BCUT2D eigenvalue weighted by atomic mass is 16.2. The fourth-order valence-corrected chi connectivity index (χ4v) is 1.10. The number of nitrogens with zero attached hydrogens (tertiary/aromatic N) is 1. The van der Waals surface area contributed by atoms with Gasteiger partial charge in [-0.15, -0.1) is 0 Å². The van der Waals surface area contributed by atoms with Crippen molar-refractivity contribution in [3.8, 4) is 0 Å². The van der Waals surface area contributed by atoms with E-state index >= 15 is 0 Å². The molecule has 0 bridgehead atoms. The lowest BCUT2D eigenvalue weighted by molar-refractivity contribution is -0.126. The smallest absolute Gasteiger partial charge is 0.275 e. The first kappa shape index (κ1) is 8.03. The van der Waals surface area contributed by atoms with Crippen molar-refractivity contribution in [2.24, 2.45) is 5.92 Å². The van der Waals surface area contributed by atoms with Crippen molar-refractivity contribution in [3.05, 3.63) is 0 Å². The highest BCUT2D eigenvalue weighted by molar-refractivity contribution is 6.02. The van der Waals surface area contributed by atoms with Crippen LogP contribution in [0.1, 0.15) is 12.8 Å². The van der Waals surface area contributed by atoms with Crippen LogP contribution in [-0.4, -0.2) is 29.4 Å². The van der Waals surface area contributed by atoms with E-state index in [1.807, 2.05) is 0 Å². The normalized spacial score (nSPS) is 21.7. The van der Waals surface area contributed by atoms with Crippen molar-refractivity contribution in [2.45, 2.75) is 12.8 Å². The van der Waals surface area contributed by atoms with Gasteiger partial charge in [-0.25, -0.2) is 9.80 Å². The molecule has 0 spiro atoms. The van der Waals surface area contributed by atoms with E-state index < -0.39 is 6.03 Å². The Balaban J connectivity index is 1.90. The van der Waals surface area contributed by atoms with Crippen molar-refractivity contribution < 1.29 is 14.4 Å². The van der Waals surface area contributed by atoms with Gasteiger partial charge in [0.15, 0.2) is 0 Å². The average Bonchev–Trinajstić information content (AvgIpc) is 2.81. The van der Waals surface area contributed by atoms with Crippen LogP contribution in [0.15, 0.2) is 0 Å². The number of imide groups is 1. The largest absolute Gasteiger partial charge is 0.343 e. The summed E-state index contributed by atoms with van der Waals surface area (Å²) >= 11 is 0. The van der Waals surface area contributed by atoms with Crippen LogP contribution in [0.4, 0.5) is 4.79 Å². The zero-order valence-electron chi connectivity index (χ0n) is 6.87. The zero-order chi connectivity index (χ0) is 9.42. The van der Waals surface area contributed by atoms with E-state index in [9.17, 15) is 14.4 Å². The van der Waals surface area contributed by atoms with E-state index in [2.05, 4.69) is 10.7 Å². The topological polar surface area (TPSA) is 78.5 Å². The lowest BCUT2D eigenvalue weighted by Crippen LogP contribution is -2.44. The molecule has 2 N–H and O–H groups in total. The second-order valence-electron chi connectivity index (χ2n) is 3.19. The Hall–Kier alpha value is -1.59. The van der Waals surface area contributed by atoms with Gasteiger partial charge in [0.2, 0.25) is 11.8 Å².